The van der Waals surface area contributed by atoms with Crippen LogP contribution in [-0.4, -0.2) is 52.8 Å². The van der Waals surface area contributed by atoms with Gasteiger partial charge in [-0.1, -0.05) is 0 Å². The van der Waals surface area contributed by atoms with Crippen LogP contribution in [0.3, 0.4) is 0 Å². The number of anilines is 1. The van der Waals surface area contributed by atoms with Gasteiger partial charge in [-0.25, -0.2) is 4.79 Å². The minimum Gasteiger partial charge on any atom is -0.507 e. The van der Waals surface area contributed by atoms with Crippen LogP contribution in [-0.2, 0) is 22.4 Å². The third-order valence-corrected chi connectivity index (χ3v) is 6.49. The number of hydrogen-bond donors (Lipinski definition) is 4. The van der Waals surface area contributed by atoms with Gasteiger partial charge in [0.25, 0.3) is 0 Å². The first-order valence-corrected chi connectivity index (χ1v) is 11.5. The molecule has 2 amide bonds. The number of fused-ring (bicyclic) bond motifs is 1. The molecule has 1 saturated carbocycles. The second-order valence-corrected chi connectivity index (χ2v) is 9.23. The largest absolute Gasteiger partial charge is 0.507 e. The molecule has 0 unspecified atom stereocenters. The molecule has 34 heavy (non-hydrogen) atoms. The molecule has 10 heteroatoms. The highest BCUT2D eigenvalue weighted by atomic mass is 16.6. The van der Waals surface area contributed by atoms with Gasteiger partial charge in [0.05, 0.1) is 12.7 Å². The molecule has 2 aliphatic carbocycles. The fraction of sp³-hybridized carbons (Fsp3) is 0.500. The van der Waals surface area contributed by atoms with Crippen molar-refractivity contribution in [2.75, 3.05) is 12.4 Å². The van der Waals surface area contributed by atoms with Crippen LogP contribution in [0, 0.1) is 5.92 Å². The van der Waals surface area contributed by atoms with Gasteiger partial charge in [0.2, 0.25) is 5.91 Å². The van der Waals surface area contributed by atoms with Gasteiger partial charge < -0.3 is 25.2 Å². The number of aromatic hydroxyl groups is 1. The summed E-state index contributed by atoms with van der Waals surface area (Å²) < 4.78 is 10.8. The van der Waals surface area contributed by atoms with E-state index in [4.69, 9.17) is 9.47 Å². The number of carbonyl (C=O) groups excluding carboxylic acids is 3. The summed E-state index contributed by atoms with van der Waals surface area (Å²) in [5.74, 6) is 0.273. The minimum atomic E-state index is -0.409. The van der Waals surface area contributed by atoms with Gasteiger partial charge >= 0.3 is 6.09 Å². The zero-order chi connectivity index (χ0) is 24.4. The first kappa shape index (κ1) is 23.6. The number of phenolic OH excluding ortho intramolecular Hbond substituents is 1. The number of aromatic nitrogens is 2. The summed E-state index contributed by atoms with van der Waals surface area (Å²) in [5.41, 5.74) is 2.50. The Kier molecular flexibility index (Phi) is 6.76. The second kappa shape index (κ2) is 9.74. The molecule has 1 aromatic carbocycles. The Hall–Kier alpha value is -3.56. The Morgan fingerprint density at radius 3 is 2.71 bits per heavy atom. The van der Waals surface area contributed by atoms with Crippen LogP contribution in [0.2, 0.25) is 0 Å². The number of alkyl carbamates (subject to hydrolysis) is 1. The van der Waals surface area contributed by atoms with Crippen LogP contribution in [0.5, 0.6) is 11.5 Å². The quantitative estimate of drug-likeness (QED) is 0.456. The SMILES string of the molecule is COc1cc(O)c(C=O)c2c1C[C@@H](C(=O)Nc1cc([C@H]3CC[C@@H](OC(=O)NC(C)C)C3)[nH]n1)C2. The standard InChI is InChI=1S/C24H30N4O6/c1-12(2)25-24(32)34-15-5-4-13(6-15)19-9-22(28-27-19)26-23(31)14-7-16-17(8-14)21(33-3)10-20(30)18(16)11-29/h9-15,30H,4-8H2,1-3H3,(H,25,32)(H2,26,27,28,31)/t13-,14-,15+/m0/s1. The average Bonchev–Trinajstić information content (AvgIpc) is 3.52. The molecule has 2 aromatic rings. The van der Waals surface area contributed by atoms with Crippen LogP contribution < -0.4 is 15.4 Å². The number of aromatic amines is 1. The van der Waals surface area contributed by atoms with Crippen molar-refractivity contribution in [2.45, 2.75) is 64.0 Å². The van der Waals surface area contributed by atoms with E-state index in [2.05, 4.69) is 20.8 Å². The van der Waals surface area contributed by atoms with E-state index in [1.165, 1.54) is 13.2 Å². The maximum absolute atomic E-state index is 12.9. The first-order valence-electron chi connectivity index (χ1n) is 11.5. The predicted octanol–water partition coefficient (Wildman–Crippen LogP) is 3.06. The number of phenols is 1. The maximum Gasteiger partial charge on any atom is 0.407 e. The van der Waals surface area contributed by atoms with Gasteiger partial charge in [-0.2, -0.15) is 5.10 Å². The van der Waals surface area contributed by atoms with E-state index in [1.54, 1.807) is 0 Å². The Morgan fingerprint density at radius 1 is 1.24 bits per heavy atom. The number of ether oxygens (including phenoxy) is 2. The molecule has 0 aliphatic heterocycles. The van der Waals surface area contributed by atoms with Crippen molar-refractivity contribution in [2.24, 2.45) is 5.92 Å². The predicted molar refractivity (Wildman–Crippen MR) is 123 cm³/mol. The molecule has 182 valence electrons. The molecule has 2 aliphatic rings. The molecule has 0 saturated heterocycles. The number of aldehydes is 1. The summed E-state index contributed by atoms with van der Waals surface area (Å²) in [6.07, 6.45) is 3.10. The van der Waals surface area contributed by atoms with Gasteiger partial charge in [-0.15, -0.1) is 0 Å². The molecule has 0 bridgehead atoms. The number of hydrogen-bond acceptors (Lipinski definition) is 7. The number of methoxy groups -OCH3 is 1. The molecule has 10 nitrogen and oxygen atoms in total. The molecule has 4 N–H and O–H groups in total. The Bertz CT molecular complexity index is 1100. The van der Waals surface area contributed by atoms with Crippen molar-refractivity contribution >= 4 is 24.1 Å². The van der Waals surface area contributed by atoms with E-state index in [0.717, 1.165) is 24.1 Å². The lowest BCUT2D eigenvalue weighted by atomic mass is 10.0. The fourth-order valence-corrected chi connectivity index (χ4v) is 4.86. The Morgan fingerprint density at radius 2 is 2.00 bits per heavy atom. The average molecular weight is 471 g/mol. The molecule has 4 rings (SSSR count). The highest BCUT2D eigenvalue weighted by molar-refractivity contribution is 5.94. The summed E-state index contributed by atoms with van der Waals surface area (Å²) in [4.78, 5) is 36.2. The minimum absolute atomic E-state index is 0.0212. The van der Waals surface area contributed by atoms with Gasteiger partial charge in [-0.3, -0.25) is 14.7 Å². The van der Waals surface area contributed by atoms with E-state index >= 15 is 0 Å². The van der Waals surface area contributed by atoms with Crippen LogP contribution in [0.1, 0.15) is 66.2 Å². The Balaban J connectivity index is 1.36. The van der Waals surface area contributed by atoms with Crippen molar-refractivity contribution < 1.29 is 29.0 Å². The van der Waals surface area contributed by atoms with E-state index in [0.29, 0.717) is 42.7 Å². The van der Waals surface area contributed by atoms with Crippen molar-refractivity contribution in [1.82, 2.24) is 15.5 Å². The number of rotatable bonds is 7. The lowest BCUT2D eigenvalue weighted by Gasteiger charge is -2.14. The van der Waals surface area contributed by atoms with E-state index in [1.807, 2.05) is 19.9 Å². The molecule has 1 aromatic heterocycles. The van der Waals surface area contributed by atoms with E-state index in [9.17, 15) is 19.5 Å². The zero-order valence-electron chi connectivity index (χ0n) is 19.5. The molecule has 0 radical (unpaired) electrons. The lowest BCUT2D eigenvalue weighted by Crippen LogP contribution is -2.33. The number of benzene rings is 1. The van der Waals surface area contributed by atoms with Gasteiger partial charge in [0.1, 0.15) is 17.6 Å². The highest BCUT2D eigenvalue weighted by Gasteiger charge is 2.34. The number of amides is 2. The first-order chi connectivity index (χ1) is 16.3. The third kappa shape index (κ3) is 4.85. The summed E-state index contributed by atoms with van der Waals surface area (Å²) in [6.45, 7) is 3.76. The number of nitrogens with one attached hydrogen (secondary N) is 3. The third-order valence-electron chi connectivity index (χ3n) is 6.49. The molecule has 1 fully saturated rings. The Labute approximate surface area is 197 Å². The lowest BCUT2D eigenvalue weighted by molar-refractivity contribution is -0.119. The number of carbonyl (C=O) groups is 3. The van der Waals surface area contributed by atoms with Gasteiger partial charge in [0, 0.05) is 35.7 Å². The fourth-order valence-electron chi connectivity index (χ4n) is 4.86. The van der Waals surface area contributed by atoms with Crippen molar-refractivity contribution in [3.05, 3.63) is 34.5 Å². The summed E-state index contributed by atoms with van der Waals surface area (Å²) in [6, 6.07) is 3.24. The number of H-pyrrole nitrogens is 1. The van der Waals surface area contributed by atoms with Crippen molar-refractivity contribution in [3.8, 4) is 11.5 Å². The normalized spacial score (nSPS) is 21.2. The van der Waals surface area contributed by atoms with Gasteiger partial charge in [-0.05, 0) is 57.1 Å². The van der Waals surface area contributed by atoms with Crippen LogP contribution in [0.15, 0.2) is 12.1 Å². The highest BCUT2D eigenvalue weighted by Crippen LogP contribution is 2.40. The van der Waals surface area contributed by atoms with Gasteiger partial charge in [0.15, 0.2) is 12.1 Å². The van der Waals surface area contributed by atoms with Crippen LogP contribution in [0.4, 0.5) is 10.6 Å². The van der Waals surface area contributed by atoms with E-state index < -0.39 is 12.0 Å². The summed E-state index contributed by atoms with van der Waals surface area (Å²) in [5, 5.41) is 22.9. The summed E-state index contributed by atoms with van der Waals surface area (Å²) >= 11 is 0. The van der Waals surface area contributed by atoms with Crippen molar-refractivity contribution in [1.29, 1.82) is 0 Å². The van der Waals surface area contributed by atoms with E-state index in [-0.39, 0.29) is 35.3 Å². The topological polar surface area (TPSA) is 143 Å². The molecule has 0 spiro atoms. The molecule has 3 atom stereocenters. The maximum atomic E-state index is 12.9. The monoisotopic (exact) mass is 470 g/mol. The molecular weight excluding hydrogens is 440 g/mol. The van der Waals surface area contributed by atoms with Crippen LogP contribution in [0.25, 0.3) is 0 Å². The molecular formula is C24H30N4O6. The van der Waals surface area contributed by atoms with Crippen LogP contribution >= 0.6 is 0 Å². The molecule has 1 heterocycles. The zero-order valence-corrected chi connectivity index (χ0v) is 19.5. The van der Waals surface area contributed by atoms with Crippen molar-refractivity contribution in [3.63, 3.8) is 0 Å². The summed E-state index contributed by atoms with van der Waals surface area (Å²) in [7, 11) is 1.49. The smallest absolute Gasteiger partial charge is 0.407 e. The second-order valence-electron chi connectivity index (χ2n) is 9.23. The number of nitrogens with zero attached hydrogens (tertiary/aromatic N) is 1.